The summed E-state index contributed by atoms with van der Waals surface area (Å²) in [6.45, 7) is 5.03. The van der Waals surface area contributed by atoms with Crippen molar-refractivity contribution < 1.29 is 13.9 Å². The van der Waals surface area contributed by atoms with Crippen LogP contribution >= 0.6 is 11.6 Å². The Bertz CT molecular complexity index is 1180. The molecule has 11 heteroatoms. The highest BCUT2D eigenvalue weighted by molar-refractivity contribution is 6.30. The fraction of sp³-hybridized carbons (Fsp3) is 0.500. The molecule has 1 saturated carbocycles. The molecule has 2 saturated heterocycles. The van der Waals surface area contributed by atoms with Gasteiger partial charge in [0, 0.05) is 48.6 Å². The minimum Gasteiger partial charge on any atom is -0.424 e. The first kappa shape index (κ1) is 22.5. The van der Waals surface area contributed by atoms with E-state index in [9.17, 15) is 4.39 Å². The Morgan fingerprint density at radius 3 is 2.66 bits per heavy atom. The average molecular weight is 500 g/mol. The van der Waals surface area contributed by atoms with Crippen molar-refractivity contribution in [3.05, 3.63) is 47.1 Å². The minimum atomic E-state index is -0.469. The van der Waals surface area contributed by atoms with Crippen LogP contribution in [0.25, 0.3) is 0 Å². The first-order chi connectivity index (χ1) is 17.0. The summed E-state index contributed by atoms with van der Waals surface area (Å²) in [6, 6.07) is 6.70. The Morgan fingerprint density at radius 2 is 1.94 bits per heavy atom. The molecule has 6 rings (SSSR count). The van der Waals surface area contributed by atoms with Crippen LogP contribution in [0.5, 0.6) is 11.8 Å². The Kier molecular flexibility index (Phi) is 5.93. The summed E-state index contributed by atoms with van der Waals surface area (Å²) in [5, 5.41) is 8.60. The quantitative estimate of drug-likeness (QED) is 0.538. The van der Waals surface area contributed by atoms with E-state index in [0.717, 1.165) is 43.9 Å². The van der Waals surface area contributed by atoms with E-state index in [1.54, 1.807) is 17.1 Å². The van der Waals surface area contributed by atoms with Crippen molar-refractivity contribution in [3.63, 3.8) is 0 Å². The molecular weight excluding hydrogens is 473 g/mol. The Labute approximate surface area is 207 Å². The Balaban J connectivity index is 1.22. The van der Waals surface area contributed by atoms with Crippen molar-refractivity contribution in [1.29, 1.82) is 0 Å². The van der Waals surface area contributed by atoms with E-state index in [1.165, 1.54) is 12.1 Å². The zero-order valence-electron chi connectivity index (χ0n) is 19.4. The van der Waals surface area contributed by atoms with Crippen LogP contribution in [-0.4, -0.2) is 57.1 Å². The van der Waals surface area contributed by atoms with Gasteiger partial charge in [0.1, 0.15) is 23.7 Å². The number of fused-ring (bicyclic) bond motifs is 2. The molecule has 3 aromatic rings. The number of piperidine rings is 1. The molecule has 1 aliphatic carbocycles. The smallest absolute Gasteiger partial charge is 0.322 e. The lowest BCUT2D eigenvalue weighted by atomic mass is 9.92. The highest BCUT2D eigenvalue weighted by atomic mass is 35.5. The SMILES string of the molecule is Cc1cc(N2C[C@H]3CC[C@@H](C2)[C@@H]3Nc2nc(Oc3cc(F)cc(Cl)c3)n(C3CCOC3)n2)ncn1. The van der Waals surface area contributed by atoms with Gasteiger partial charge in [0.05, 0.1) is 12.6 Å². The van der Waals surface area contributed by atoms with E-state index in [1.807, 2.05) is 13.0 Å². The van der Waals surface area contributed by atoms with Gasteiger partial charge in [0.2, 0.25) is 5.95 Å². The number of aromatic nitrogens is 5. The lowest BCUT2D eigenvalue weighted by Gasteiger charge is -2.38. The fourth-order valence-corrected chi connectivity index (χ4v) is 5.70. The summed E-state index contributed by atoms with van der Waals surface area (Å²) in [5.74, 6) is 2.23. The zero-order chi connectivity index (χ0) is 23.9. The van der Waals surface area contributed by atoms with E-state index in [-0.39, 0.29) is 22.9 Å². The predicted octanol–water partition coefficient (Wildman–Crippen LogP) is 4.25. The number of halogens is 2. The highest BCUT2D eigenvalue weighted by Crippen LogP contribution is 2.40. The van der Waals surface area contributed by atoms with Gasteiger partial charge in [-0.3, -0.25) is 0 Å². The van der Waals surface area contributed by atoms with Crippen molar-refractivity contribution in [1.82, 2.24) is 24.7 Å². The third-order valence-corrected chi connectivity index (χ3v) is 7.36. The van der Waals surface area contributed by atoms with Gasteiger partial charge >= 0.3 is 6.01 Å². The van der Waals surface area contributed by atoms with Crippen molar-refractivity contribution in [3.8, 4) is 11.8 Å². The first-order valence-corrected chi connectivity index (χ1v) is 12.4. The number of hydrogen-bond acceptors (Lipinski definition) is 8. The number of nitrogens with zero attached hydrogens (tertiary/aromatic N) is 6. The molecule has 4 heterocycles. The van der Waals surface area contributed by atoms with E-state index in [0.29, 0.717) is 37.0 Å². The second-order valence-electron chi connectivity index (χ2n) is 9.58. The summed E-state index contributed by atoms with van der Waals surface area (Å²) in [4.78, 5) is 15.7. The number of hydrogen-bond donors (Lipinski definition) is 1. The maximum atomic E-state index is 13.9. The second kappa shape index (κ2) is 9.23. The van der Waals surface area contributed by atoms with Crippen LogP contribution in [0.3, 0.4) is 0 Å². The van der Waals surface area contributed by atoms with Gasteiger partial charge in [-0.15, -0.1) is 5.10 Å². The summed E-state index contributed by atoms with van der Waals surface area (Å²) in [6.07, 6.45) is 4.73. The summed E-state index contributed by atoms with van der Waals surface area (Å²) in [7, 11) is 0. The van der Waals surface area contributed by atoms with Crippen LogP contribution in [0.1, 0.15) is 31.0 Å². The lowest BCUT2D eigenvalue weighted by molar-refractivity contribution is 0.182. The Morgan fingerprint density at radius 1 is 1.11 bits per heavy atom. The van der Waals surface area contributed by atoms with Crippen molar-refractivity contribution in [2.75, 3.05) is 36.5 Å². The van der Waals surface area contributed by atoms with Crippen molar-refractivity contribution in [2.45, 2.75) is 38.3 Å². The van der Waals surface area contributed by atoms with Gasteiger partial charge in [0.15, 0.2) is 0 Å². The van der Waals surface area contributed by atoms with E-state index in [4.69, 9.17) is 26.2 Å². The van der Waals surface area contributed by atoms with E-state index >= 15 is 0 Å². The number of rotatable bonds is 6. The van der Waals surface area contributed by atoms with Crippen LogP contribution in [0.4, 0.5) is 16.2 Å². The topological polar surface area (TPSA) is 90.2 Å². The molecule has 3 fully saturated rings. The average Bonchev–Trinajstić information content (AvgIpc) is 3.52. The number of nitrogens with one attached hydrogen (secondary N) is 1. The molecule has 4 atom stereocenters. The molecule has 184 valence electrons. The lowest BCUT2D eigenvalue weighted by Crippen LogP contribution is -2.48. The van der Waals surface area contributed by atoms with Gasteiger partial charge in [-0.2, -0.15) is 4.98 Å². The molecule has 3 aliphatic rings. The molecule has 35 heavy (non-hydrogen) atoms. The molecule has 2 bridgehead atoms. The van der Waals surface area contributed by atoms with Gasteiger partial charge < -0.3 is 19.7 Å². The molecule has 1 unspecified atom stereocenters. The largest absolute Gasteiger partial charge is 0.424 e. The van der Waals surface area contributed by atoms with Crippen LogP contribution in [0.15, 0.2) is 30.6 Å². The monoisotopic (exact) mass is 499 g/mol. The molecule has 0 amide bonds. The third kappa shape index (κ3) is 4.64. The van der Waals surface area contributed by atoms with Gasteiger partial charge in [-0.1, -0.05) is 11.6 Å². The molecule has 9 nitrogen and oxygen atoms in total. The van der Waals surface area contributed by atoms with E-state index in [2.05, 4.69) is 25.2 Å². The van der Waals surface area contributed by atoms with Crippen LogP contribution in [0, 0.1) is 24.6 Å². The van der Waals surface area contributed by atoms with Crippen LogP contribution < -0.4 is 15.0 Å². The molecule has 1 N–H and O–H groups in total. The van der Waals surface area contributed by atoms with Gasteiger partial charge in [0.25, 0.3) is 0 Å². The van der Waals surface area contributed by atoms with Crippen molar-refractivity contribution >= 4 is 23.4 Å². The first-order valence-electron chi connectivity index (χ1n) is 12.0. The third-order valence-electron chi connectivity index (χ3n) is 7.14. The van der Waals surface area contributed by atoms with Gasteiger partial charge in [-0.25, -0.2) is 19.0 Å². The van der Waals surface area contributed by atoms with Crippen molar-refractivity contribution in [2.24, 2.45) is 11.8 Å². The normalized spacial score (nSPS) is 25.7. The minimum absolute atomic E-state index is 0.0108. The van der Waals surface area contributed by atoms with Crippen LogP contribution in [-0.2, 0) is 4.74 Å². The number of benzene rings is 1. The highest BCUT2D eigenvalue weighted by Gasteiger charge is 2.43. The molecule has 0 spiro atoms. The zero-order valence-corrected chi connectivity index (χ0v) is 20.2. The number of anilines is 2. The fourth-order valence-electron chi connectivity index (χ4n) is 5.49. The molecular formula is C24H27ClFN7O2. The second-order valence-corrected chi connectivity index (χ2v) is 10.0. The molecule has 2 aliphatic heterocycles. The summed E-state index contributed by atoms with van der Waals surface area (Å²) < 4.78 is 27.1. The molecule has 0 radical (unpaired) electrons. The number of aryl methyl sites for hydroxylation is 1. The maximum Gasteiger partial charge on any atom is 0.322 e. The van der Waals surface area contributed by atoms with E-state index < -0.39 is 5.82 Å². The maximum absolute atomic E-state index is 13.9. The van der Waals surface area contributed by atoms with Crippen LogP contribution in [0.2, 0.25) is 5.02 Å². The molecule has 1 aromatic carbocycles. The van der Waals surface area contributed by atoms with Gasteiger partial charge in [-0.05, 0) is 50.2 Å². The standard InChI is InChI=1S/C24H27ClFN7O2/c1-14-6-21(28-13-27-14)32-10-15-2-3-16(11-32)22(15)29-23-30-24(33(31-23)19-4-5-34-12-19)35-20-8-17(25)7-18(26)9-20/h6-9,13,15-16,19,22H,2-5,10-12H2,1H3,(H,29,31)/t15-,16+,19?,22-. The molecule has 2 aromatic heterocycles. The predicted molar refractivity (Wildman–Crippen MR) is 129 cm³/mol. The summed E-state index contributed by atoms with van der Waals surface area (Å²) >= 11 is 6.01. The summed E-state index contributed by atoms with van der Waals surface area (Å²) in [5.41, 5.74) is 0.973. The number of ether oxygens (including phenoxy) is 2. The Hall–Kier alpha value is -2.98.